The molecule has 0 atom stereocenters. The van der Waals surface area contributed by atoms with E-state index in [0.29, 0.717) is 16.8 Å². The first-order valence-electron chi connectivity index (χ1n) is 6.72. The minimum Gasteiger partial charge on any atom is -0.213 e. The molecule has 1 aromatic rings. The lowest BCUT2D eigenvalue weighted by Crippen LogP contribution is -2.38. The molecule has 22 heavy (non-hydrogen) atoms. The van der Waals surface area contributed by atoms with E-state index in [1.807, 2.05) is 13.8 Å². The Balaban J connectivity index is 2.62. The molecule has 0 fully saturated rings. The molecular formula is C12H21ClN2O4S3. The number of sulfonamides is 2. The van der Waals surface area contributed by atoms with Crippen molar-refractivity contribution in [2.45, 2.75) is 24.5 Å². The van der Waals surface area contributed by atoms with Crippen LogP contribution < -0.4 is 4.72 Å². The van der Waals surface area contributed by atoms with Gasteiger partial charge in [0.2, 0.25) is 20.0 Å². The van der Waals surface area contributed by atoms with Gasteiger partial charge in [0.1, 0.15) is 4.21 Å². The van der Waals surface area contributed by atoms with E-state index in [9.17, 15) is 16.8 Å². The number of rotatable bonds is 9. The number of hydrogen-bond donors (Lipinski definition) is 1. The predicted octanol–water partition coefficient (Wildman–Crippen LogP) is 1.99. The summed E-state index contributed by atoms with van der Waals surface area (Å²) in [5, 5.41) is 0. The average molecular weight is 389 g/mol. The van der Waals surface area contributed by atoms with Crippen LogP contribution in [-0.2, 0) is 20.0 Å². The molecule has 0 bridgehead atoms. The maximum atomic E-state index is 12.0. The summed E-state index contributed by atoms with van der Waals surface area (Å²) >= 11 is 6.68. The van der Waals surface area contributed by atoms with Crippen molar-refractivity contribution < 1.29 is 16.8 Å². The Hall–Kier alpha value is -0.190. The minimum absolute atomic E-state index is 0.0169. The van der Waals surface area contributed by atoms with Crippen LogP contribution in [0.1, 0.15) is 20.3 Å². The van der Waals surface area contributed by atoms with Crippen LogP contribution in [0.25, 0.3) is 0 Å². The predicted molar refractivity (Wildman–Crippen MR) is 90.4 cm³/mol. The Morgan fingerprint density at radius 3 is 2.32 bits per heavy atom. The lowest BCUT2D eigenvalue weighted by molar-refractivity contribution is 0.385. The van der Waals surface area contributed by atoms with Crippen molar-refractivity contribution in [3.63, 3.8) is 0 Å². The summed E-state index contributed by atoms with van der Waals surface area (Å²) in [7, 11) is -7.01. The zero-order chi connectivity index (χ0) is 17.0. The van der Waals surface area contributed by atoms with Gasteiger partial charge in [-0.25, -0.2) is 25.9 Å². The molecule has 10 heteroatoms. The number of nitrogens with one attached hydrogen (secondary N) is 1. The summed E-state index contributed by atoms with van der Waals surface area (Å²) in [6.07, 6.45) is 1.85. The highest BCUT2D eigenvalue weighted by molar-refractivity contribution is 7.91. The lowest BCUT2D eigenvalue weighted by atomic mass is 10.1. The molecule has 6 nitrogen and oxygen atoms in total. The molecule has 0 aliphatic heterocycles. The second-order valence-corrected chi connectivity index (χ2v) is 11.0. The second-order valence-electron chi connectivity index (χ2n) is 5.30. The molecule has 0 saturated carbocycles. The molecule has 1 rings (SSSR count). The normalized spacial score (nSPS) is 13.2. The van der Waals surface area contributed by atoms with E-state index in [1.165, 1.54) is 16.4 Å². The molecule has 0 aliphatic rings. The molecule has 1 aromatic heterocycles. The van der Waals surface area contributed by atoms with Crippen LogP contribution in [0.15, 0.2) is 16.3 Å². The summed E-state index contributed by atoms with van der Waals surface area (Å²) in [6.45, 7) is 4.50. The summed E-state index contributed by atoms with van der Waals surface area (Å²) in [5.74, 6) is 0.370. The van der Waals surface area contributed by atoms with E-state index < -0.39 is 20.0 Å². The first-order valence-corrected chi connectivity index (χ1v) is 11.2. The van der Waals surface area contributed by atoms with Gasteiger partial charge < -0.3 is 0 Å². The maximum Gasteiger partial charge on any atom is 0.250 e. The molecule has 0 aliphatic carbocycles. The third-order valence-corrected chi connectivity index (χ3v) is 7.38. The molecular weight excluding hydrogens is 368 g/mol. The summed E-state index contributed by atoms with van der Waals surface area (Å²) < 4.78 is 51.6. The van der Waals surface area contributed by atoms with Crippen LogP contribution in [0.3, 0.4) is 0 Å². The Kier molecular flexibility index (Phi) is 7.28. The SMILES string of the molecule is CC(C)CCN(CCNS(=O)(=O)c1ccc(Cl)s1)S(C)(=O)=O. The van der Waals surface area contributed by atoms with Gasteiger partial charge in [-0.05, 0) is 24.5 Å². The zero-order valence-electron chi connectivity index (χ0n) is 12.7. The highest BCUT2D eigenvalue weighted by Gasteiger charge is 2.20. The van der Waals surface area contributed by atoms with Crippen LogP contribution in [0.4, 0.5) is 0 Å². The van der Waals surface area contributed by atoms with Crippen LogP contribution in [0.5, 0.6) is 0 Å². The monoisotopic (exact) mass is 388 g/mol. The molecule has 1 N–H and O–H groups in total. The first-order chi connectivity index (χ1) is 10.0. The second kappa shape index (κ2) is 8.07. The maximum absolute atomic E-state index is 12.0. The number of hydrogen-bond acceptors (Lipinski definition) is 5. The summed E-state index contributed by atoms with van der Waals surface area (Å²) in [5.41, 5.74) is 0. The lowest BCUT2D eigenvalue weighted by Gasteiger charge is -2.20. The Morgan fingerprint density at radius 2 is 1.86 bits per heavy atom. The topological polar surface area (TPSA) is 83.6 Å². The molecule has 0 radical (unpaired) electrons. The fourth-order valence-electron chi connectivity index (χ4n) is 1.66. The molecule has 0 unspecified atom stereocenters. The Morgan fingerprint density at radius 1 is 1.23 bits per heavy atom. The number of nitrogens with zero attached hydrogens (tertiary/aromatic N) is 1. The first kappa shape index (κ1) is 19.9. The quantitative estimate of drug-likeness (QED) is 0.701. The van der Waals surface area contributed by atoms with E-state index in [-0.39, 0.29) is 17.3 Å². The standard InChI is InChI=1S/C12H21ClN2O4S3/c1-10(2)6-8-15(21(3,16)17)9-7-14-22(18,19)12-5-4-11(13)20-12/h4-5,10,14H,6-9H2,1-3H3. The smallest absolute Gasteiger partial charge is 0.213 e. The van der Waals surface area contributed by atoms with Crippen molar-refractivity contribution in [3.8, 4) is 0 Å². The highest BCUT2D eigenvalue weighted by atomic mass is 35.5. The average Bonchev–Trinajstić information content (AvgIpc) is 2.79. The third-order valence-electron chi connectivity index (χ3n) is 2.89. The van der Waals surface area contributed by atoms with E-state index in [0.717, 1.165) is 24.0 Å². The summed E-state index contributed by atoms with van der Waals surface area (Å²) in [6, 6.07) is 2.93. The molecule has 0 spiro atoms. The van der Waals surface area contributed by atoms with E-state index in [2.05, 4.69) is 4.72 Å². The van der Waals surface area contributed by atoms with Crippen molar-refractivity contribution >= 4 is 43.0 Å². The van der Waals surface area contributed by atoms with Crippen molar-refractivity contribution in [3.05, 3.63) is 16.5 Å². The minimum atomic E-state index is -3.65. The van der Waals surface area contributed by atoms with Gasteiger partial charge >= 0.3 is 0 Å². The molecule has 128 valence electrons. The molecule has 0 aromatic carbocycles. The third kappa shape index (κ3) is 6.51. The van der Waals surface area contributed by atoms with E-state index in [1.54, 1.807) is 0 Å². The van der Waals surface area contributed by atoms with E-state index >= 15 is 0 Å². The van der Waals surface area contributed by atoms with Gasteiger partial charge in [-0.1, -0.05) is 25.4 Å². The van der Waals surface area contributed by atoms with Gasteiger partial charge in [-0.3, -0.25) is 0 Å². The van der Waals surface area contributed by atoms with Crippen molar-refractivity contribution in [1.82, 2.24) is 9.03 Å². The molecule has 1 heterocycles. The van der Waals surface area contributed by atoms with Gasteiger partial charge in [0, 0.05) is 19.6 Å². The molecule has 0 saturated heterocycles. The van der Waals surface area contributed by atoms with Crippen molar-refractivity contribution in [1.29, 1.82) is 0 Å². The molecule has 0 amide bonds. The van der Waals surface area contributed by atoms with Crippen LogP contribution in [-0.4, -0.2) is 47.0 Å². The Labute approximate surface area is 141 Å². The van der Waals surface area contributed by atoms with Crippen LogP contribution >= 0.6 is 22.9 Å². The number of thiophene rings is 1. The fourth-order valence-corrected chi connectivity index (χ4v) is 5.07. The fraction of sp³-hybridized carbons (Fsp3) is 0.667. The Bertz CT molecular complexity index is 683. The van der Waals surface area contributed by atoms with Gasteiger partial charge in [0.25, 0.3) is 0 Å². The summed E-state index contributed by atoms with van der Waals surface area (Å²) in [4.78, 5) is 0. The van der Waals surface area contributed by atoms with Gasteiger partial charge in [0.15, 0.2) is 0 Å². The van der Waals surface area contributed by atoms with Crippen LogP contribution in [0, 0.1) is 5.92 Å². The van der Waals surface area contributed by atoms with Gasteiger partial charge in [-0.15, -0.1) is 11.3 Å². The number of halogens is 1. The van der Waals surface area contributed by atoms with Gasteiger partial charge in [0.05, 0.1) is 10.6 Å². The van der Waals surface area contributed by atoms with Crippen molar-refractivity contribution in [2.75, 3.05) is 25.9 Å². The van der Waals surface area contributed by atoms with E-state index in [4.69, 9.17) is 11.6 Å². The van der Waals surface area contributed by atoms with Gasteiger partial charge in [-0.2, -0.15) is 0 Å². The van der Waals surface area contributed by atoms with Crippen molar-refractivity contribution in [2.24, 2.45) is 5.92 Å². The van der Waals surface area contributed by atoms with Crippen LogP contribution in [0.2, 0.25) is 4.34 Å². The highest BCUT2D eigenvalue weighted by Crippen LogP contribution is 2.25. The zero-order valence-corrected chi connectivity index (χ0v) is 15.9. The largest absolute Gasteiger partial charge is 0.250 e.